The number of hydrogen-bond donors (Lipinski definition) is 1. The van der Waals surface area contributed by atoms with Crippen LogP contribution in [0.3, 0.4) is 0 Å². The number of ether oxygens (including phenoxy) is 2. The van der Waals surface area contributed by atoms with Crippen LogP contribution in [0, 0.1) is 5.92 Å². The minimum atomic E-state index is -0.0594. The summed E-state index contributed by atoms with van der Waals surface area (Å²) in [5, 5.41) is 10.2. The Bertz CT molecular complexity index is 1300. The third kappa shape index (κ3) is 4.94. The van der Waals surface area contributed by atoms with Gasteiger partial charge in [0, 0.05) is 55.5 Å². The van der Waals surface area contributed by atoms with Crippen LogP contribution in [0.25, 0.3) is 16.4 Å². The van der Waals surface area contributed by atoms with Crippen LogP contribution in [-0.4, -0.2) is 64.5 Å². The van der Waals surface area contributed by atoms with Gasteiger partial charge in [-0.1, -0.05) is 0 Å². The molecule has 5 rings (SSSR count). The van der Waals surface area contributed by atoms with Crippen LogP contribution in [-0.2, 0) is 11.2 Å². The molecule has 0 radical (unpaired) electrons. The quantitative estimate of drug-likeness (QED) is 0.381. The Labute approximate surface area is 206 Å². The fourth-order valence-electron chi connectivity index (χ4n) is 3.85. The molecule has 35 heavy (non-hydrogen) atoms. The number of carbonyl (C=O) groups is 1. The van der Waals surface area contributed by atoms with Gasteiger partial charge in [-0.25, -0.2) is 19.6 Å². The van der Waals surface area contributed by atoms with E-state index in [1.165, 1.54) is 6.33 Å². The molecular weight excluding hydrogens is 466 g/mol. The molecule has 10 nitrogen and oxygen atoms in total. The highest BCUT2D eigenvalue weighted by Crippen LogP contribution is 2.33. The predicted molar refractivity (Wildman–Crippen MR) is 132 cm³/mol. The van der Waals surface area contributed by atoms with Crippen LogP contribution in [0.2, 0.25) is 0 Å². The lowest BCUT2D eigenvalue weighted by Gasteiger charge is -2.39. The molecular formula is C24H25N7O3S. The summed E-state index contributed by atoms with van der Waals surface area (Å²) in [4.78, 5) is 27.9. The Morgan fingerprint density at radius 1 is 1.14 bits per heavy atom. The first kappa shape index (κ1) is 22.8. The van der Waals surface area contributed by atoms with E-state index in [1.54, 1.807) is 36.4 Å². The van der Waals surface area contributed by atoms with Gasteiger partial charge in [-0.2, -0.15) is 5.10 Å². The summed E-state index contributed by atoms with van der Waals surface area (Å²) in [6.45, 7) is 1.80. The van der Waals surface area contributed by atoms with Gasteiger partial charge in [0.2, 0.25) is 5.91 Å². The van der Waals surface area contributed by atoms with Crippen molar-refractivity contribution in [3.63, 3.8) is 0 Å². The van der Waals surface area contributed by atoms with Gasteiger partial charge in [0.25, 0.3) is 0 Å². The summed E-state index contributed by atoms with van der Waals surface area (Å²) >= 11 is 1.57. The summed E-state index contributed by atoms with van der Waals surface area (Å²) in [6, 6.07) is 9.47. The summed E-state index contributed by atoms with van der Waals surface area (Å²) in [5.74, 6) is 2.84. The molecule has 0 aliphatic carbocycles. The number of aromatic nitrogens is 5. The van der Waals surface area contributed by atoms with Crippen molar-refractivity contribution in [3.8, 4) is 27.9 Å². The lowest BCUT2D eigenvalue weighted by molar-refractivity contribution is -0.125. The topological polar surface area (TPSA) is 107 Å². The molecule has 0 unspecified atom stereocenters. The second-order valence-corrected chi connectivity index (χ2v) is 8.90. The van der Waals surface area contributed by atoms with Crippen LogP contribution in [0.15, 0.2) is 54.4 Å². The minimum absolute atomic E-state index is 0.0537. The molecule has 1 N–H and O–H groups in total. The zero-order valence-corrected chi connectivity index (χ0v) is 20.2. The van der Waals surface area contributed by atoms with Crippen LogP contribution >= 0.6 is 11.3 Å². The summed E-state index contributed by atoms with van der Waals surface area (Å²) in [5.41, 5.74) is 1.92. The second kappa shape index (κ2) is 10.1. The van der Waals surface area contributed by atoms with Gasteiger partial charge in [0.15, 0.2) is 17.3 Å². The number of nitrogens with zero attached hydrogens (tertiary/aromatic N) is 6. The molecule has 1 aliphatic rings. The number of carbonyl (C=O) groups excluding carboxylic acids is 1. The molecule has 4 heterocycles. The highest BCUT2D eigenvalue weighted by Gasteiger charge is 2.33. The molecule has 11 heteroatoms. The molecule has 180 valence electrons. The second-order valence-electron chi connectivity index (χ2n) is 8.04. The van der Waals surface area contributed by atoms with E-state index in [0.29, 0.717) is 43.4 Å². The van der Waals surface area contributed by atoms with E-state index in [9.17, 15) is 4.79 Å². The Hall–Kier alpha value is -3.99. The molecule has 0 atom stereocenters. The van der Waals surface area contributed by atoms with Crippen LogP contribution in [0.1, 0.15) is 5.69 Å². The van der Waals surface area contributed by atoms with Gasteiger partial charge >= 0.3 is 0 Å². The number of thiazole rings is 1. The van der Waals surface area contributed by atoms with E-state index in [2.05, 4.69) is 25.3 Å². The van der Waals surface area contributed by atoms with Crippen LogP contribution < -0.4 is 19.7 Å². The molecule has 1 amide bonds. The van der Waals surface area contributed by atoms with Gasteiger partial charge in [-0.15, -0.1) is 11.3 Å². The van der Waals surface area contributed by atoms with Crippen molar-refractivity contribution < 1.29 is 14.3 Å². The summed E-state index contributed by atoms with van der Waals surface area (Å²) in [6.07, 6.45) is 5.72. The molecule has 1 aromatic carbocycles. The number of benzene rings is 1. The number of anilines is 1. The first-order chi connectivity index (χ1) is 17.1. The maximum absolute atomic E-state index is 12.6. The van der Waals surface area contributed by atoms with Crippen molar-refractivity contribution in [1.82, 2.24) is 30.0 Å². The largest absolute Gasteiger partial charge is 0.493 e. The van der Waals surface area contributed by atoms with E-state index >= 15 is 0 Å². The summed E-state index contributed by atoms with van der Waals surface area (Å²) < 4.78 is 12.4. The van der Waals surface area contributed by atoms with Gasteiger partial charge in [-0.3, -0.25) is 4.79 Å². The van der Waals surface area contributed by atoms with Crippen LogP contribution in [0.4, 0.5) is 5.82 Å². The smallest absolute Gasteiger partial charge is 0.226 e. The fourth-order valence-corrected chi connectivity index (χ4v) is 4.70. The minimum Gasteiger partial charge on any atom is -0.493 e. The Kier molecular flexibility index (Phi) is 6.57. The van der Waals surface area contributed by atoms with Crippen LogP contribution in [0.5, 0.6) is 11.5 Å². The first-order valence-electron chi connectivity index (χ1n) is 11.2. The molecule has 4 aromatic rings. The number of nitrogens with one attached hydrogen (secondary N) is 1. The normalized spacial score (nSPS) is 13.4. The van der Waals surface area contributed by atoms with E-state index in [4.69, 9.17) is 14.5 Å². The molecule has 1 saturated heterocycles. The lowest BCUT2D eigenvalue weighted by atomic mass is 9.99. The summed E-state index contributed by atoms with van der Waals surface area (Å²) in [7, 11) is 3.23. The average Bonchev–Trinajstić information content (AvgIpc) is 3.56. The predicted octanol–water partition coefficient (Wildman–Crippen LogP) is 2.60. The molecule has 0 saturated carbocycles. The fraction of sp³-hybridized carbons (Fsp3) is 0.292. The van der Waals surface area contributed by atoms with Gasteiger partial charge < -0.3 is 19.7 Å². The highest BCUT2D eigenvalue weighted by atomic mass is 32.1. The number of amides is 1. The van der Waals surface area contributed by atoms with E-state index in [-0.39, 0.29) is 11.8 Å². The standard InChI is InChI=1S/C24H25N7O3S/c1-33-19-5-4-16(10-20(19)34-2)24-29-18(14-35-24)6-8-25-23(32)17-12-30(13-17)21-11-22(27-15-26-21)31-9-3-7-28-31/h3-5,7,9-11,14-15,17H,6,8,12-13H2,1-2H3,(H,25,32). The van der Waals surface area contributed by atoms with Gasteiger partial charge in [-0.05, 0) is 24.3 Å². The highest BCUT2D eigenvalue weighted by molar-refractivity contribution is 7.13. The van der Waals surface area contributed by atoms with Crippen molar-refractivity contribution in [1.29, 1.82) is 0 Å². The van der Waals surface area contributed by atoms with Gasteiger partial charge in [0.1, 0.15) is 17.2 Å². The maximum atomic E-state index is 12.6. The van der Waals surface area contributed by atoms with Crippen molar-refractivity contribution in [2.45, 2.75) is 6.42 Å². The molecule has 3 aromatic heterocycles. The Balaban J connectivity index is 1.10. The number of methoxy groups -OCH3 is 2. The van der Waals surface area contributed by atoms with Crippen molar-refractivity contribution >= 4 is 23.1 Å². The molecule has 1 fully saturated rings. The third-order valence-corrected chi connectivity index (χ3v) is 6.76. The van der Waals surface area contributed by atoms with E-state index < -0.39 is 0 Å². The number of hydrogen-bond acceptors (Lipinski definition) is 9. The van der Waals surface area contributed by atoms with Crippen molar-refractivity contribution in [2.24, 2.45) is 5.92 Å². The zero-order valence-electron chi connectivity index (χ0n) is 19.4. The first-order valence-corrected chi connectivity index (χ1v) is 12.0. The van der Waals surface area contributed by atoms with Gasteiger partial charge in [0.05, 0.1) is 25.8 Å². The molecule has 1 aliphatic heterocycles. The zero-order chi connectivity index (χ0) is 24.2. The van der Waals surface area contributed by atoms with E-state index in [0.717, 1.165) is 22.1 Å². The Morgan fingerprint density at radius 3 is 2.74 bits per heavy atom. The Morgan fingerprint density at radius 2 is 1.97 bits per heavy atom. The SMILES string of the molecule is COc1ccc(-c2nc(CCNC(=O)C3CN(c4cc(-n5cccn5)ncn4)C3)cs2)cc1OC. The van der Waals surface area contributed by atoms with Crippen molar-refractivity contribution in [2.75, 3.05) is 38.8 Å². The van der Waals surface area contributed by atoms with Crippen molar-refractivity contribution in [3.05, 3.63) is 60.1 Å². The number of rotatable bonds is 9. The molecule has 0 bridgehead atoms. The average molecular weight is 492 g/mol. The molecule has 0 spiro atoms. The van der Waals surface area contributed by atoms with E-state index in [1.807, 2.05) is 41.9 Å². The monoisotopic (exact) mass is 491 g/mol. The maximum Gasteiger partial charge on any atom is 0.226 e. The third-order valence-electron chi connectivity index (χ3n) is 5.82. The lowest BCUT2D eigenvalue weighted by Crippen LogP contribution is -2.54.